The third-order valence-electron chi connectivity index (χ3n) is 4.09. The Morgan fingerprint density at radius 3 is 2.57 bits per heavy atom. The van der Waals surface area contributed by atoms with Crippen LogP contribution in [0.25, 0.3) is 0 Å². The van der Waals surface area contributed by atoms with Crippen molar-refractivity contribution in [3.63, 3.8) is 0 Å². The maximum Gasteiger partial charge on any atom is 0.242 e. The first kappa shape index (κ1) is 20.2. The van der Waals surface area contributed by atoms with Gasteiger partial charge < -0.3 is 5.32 Å². The molecule has 1 aliphatic rings. The van der Waals surface area contributed by atoms with Crippen LogP contribution >= 0.6 is 23.4 Å². The van der Waals surface area contributed by atoms with Crippen LogP contribution in [0.5, 0.6) is 0 Å². The second-order valence-corrected chi connectivity index (χ2v) is 7.94. The Hall–Kier alpha value is -2.57. The van der Waals surface area contributed by atoms with E-state index < -0.39 is 5.25 Å². The second kappa shape index (κ2) is 9.08. The average molecular weight is 414 g/mol. The molecule has 0 radical (unpaired) electrons. The zero-order valence-electron chi connectivity index (χ0n) is 15.4. The highest BCUT2D eigenvalue weighted by molar-refractivity contribution is 8.15. The summed E-state index contributed by atoms with van der Waals surface area (Å²) in [6, 6.07) is 14.6. The highest BCUT2D eigenvalue weighted by atomic mass is 35.5. The number of thioether (sulfide) groups is 1. The number of nitrogens with zero attached hydrogens (tertiary/aromatic N) is 2. The van der Waals surface area contributed by atoms with Crippen molar-refractivity contribution in [2.24, 2.45) is 4.99 Å². The van der Waals surface area contributed by atoms with Crippen molar-refractivity contribution in [2.75, 3.05) is 11.9 Å². The van der Waals surface area contributed by atoms with Crippen LogP contribution < -0.4 is 5.32 Å². The van der Waals surface area contributed by atoms with Crippen molar-refractivity contribution in [3.05, 3.63) is 71.8 Å². The van der Waals surface area contributed by atoms with Crippen molar-refractivity contribution in [1.82, 2.24) is 4.90 Å². The number of aliphatic imine (C=N–C) groups is 1. The first-order valence-corrected chi connectivity index (χ1v) is 10.0. The molecule has 1 heterocycles. The molecule has 0 saturated carbocycles. The number of amidine groups is 1. The van der Waals surface area contributed by atoms with E-state index in [2.05, 4.69) is 16.9 Å². The number of rotatable bonds is 6. The summed E-state index contributed by atoms with van der Waals surface area (Å²) in [5, 5.41) is 3.45. The molecule has 2 amide bonds. The lowest BCUT2D eigenvalue weighted by molar-refractivity contribution is -0.127. The maximum atomic E-state index is 12.8. The molecule has 144 valence electrons. The highest BCUT2D eigenvalue weighted by Crippen LogP contribution is 2.32. The first-order chi connectivity index (χ1) is 13.5. The van der Waals surface area contributed by atoms with Gasteiger partial charge in [0, 0.05) is 23.7 Å². The molecule has 1 N–H and O–H groups in total. The van der Waals surface area contributed by atoms with Crippen LogP contribution in [0.15, 0.2) is 66.2 Å². The standard InChI is InChI=1S/C21H20ClN3O2S/c1-3-12-25-20(27)18(13-19(26)23-16-10-6-15(22)7-11-16)28-21(25)24-17-8-4-14(2)5-9-17/h3-11,18H,1,12-13H2,2H3,(H,23,26). The smallest absolute Gasteiger partial charge is 0.242 e. The van der Waals surface area contributed by atoms with E-state index in [1.54, 1.807) is 35.2 Å². The lowest BCUT2D eigenvalue weighted by Gasteiger charge is -2.13. The number of halogens is 1. The molecule has 28 heavy (non-hydrogen) atoms. The Bertz CT molecular complexity index is 910. The molecule has 7 heteroatoms. The van der Waals surface area contributed by atoms with Crippen molar-refractivity contribution < 1.29 is 9.59 Å². The van der Waals surface area contributed by atoms with E-state index in [1.807, 2.05) is 31.2 Å². The molecule has 1 fully saturated rings. The van der Waals surface area contributed by atoms with Crippen molar-refractivity contribution >= 4 is 51.7 Å². The lowest BCUT2D eigenvalue weighted by atomic mass is 10.2. The lowest BCUT2D eigenvalue weighted by Crippen LogP contribution is -2.33. The highest BCUT2D eigenvalue weighted by Gasteiger charge is 2.38. The first-order valence-electron chi connectivity index (χ1n) is 8.76. The predicted octanol–water partition coefficient (Wildman–Crippen LogP) is 4.79. The van der Waals surface area contributed by atoms with E-state index in [4.69, 9.17) is 11.6 Å². The summed E-state index contributed by atoms with van der Waals surface area (Å²) in [6.07, 6.45) is 1.71. The SMILES string of the molecule is C=CCN1C(=O)C(CC(=O)Nc2ccc(Cl)cc2)SC1=Nc1ccc(C)cc1. The van der Waals surface area contributed by atoms with Crippen LogP contribution in [-0.4, -0.2) is 33.7 Å². The average Bonchev–Trinajstić information content (AvgIpc) is 2.94. The molecule has 1 saturated heterocycles. The van der Waals surface area contributed by atoms with Gasteiger partial charge >= 0.3 is 0 Å². The third kappa shape index (κ3) is 5.03. The fourth-order valence-electron chi connectivity index (χ4n) is 2.67. The van der Waals surface area contributed by atoms with Gasteiger partial charge in [0.2, 0.25) is 11.8 Å². The van der Waals surface area contributed by atoms with Gasteiger partial charge in [0.25, 0.3) is 0 Å². The van der Waals surface area contributed by atoms with Crippen LogP contribution in [0, 0.1) is 6.92 Å². The second-order valence-electron chi connectivity index (χ2n) is 6.33. The number of anilines is 1. The molecule has 2 aromatic rings. The quantitative estimate of drug-likeness (QED) is 0.692. The van der Waals surface area contributed by atoms with Crippen molar-refractivity contribution in [3.8, 4) is 0 Å². The molecule has 0 bridgehead atoms. The molecule has 1 aliphatic heterocycles. The van der Waals surface area contributed by atoms with Gasteiger partial charge in [-0.2, -0.15) is 0 Å². The molecule has 2 aromatic carbocycles. The number of hydrogen-bond acceptors (Lipinski definition) is 4. The zero-order valence-corrected chi connectivity index (χ0v) is 17.0. The Balaban J connectivity index is 1.72. The molecule has 5 nitrogen and oxygen atoms in total. The van der Waals surface area contributed by atoms with Gasteiger partial charge in [0.1, 0.15) is 5.25 Å². The largest absolute Gasteiger partial charge is 0.326 e. The summed E-state index contributed by atoms with van der Waals surface area (Å²) in [5.41, 5.74) is 2.54. The maximum absolute atomic E-state index is 12.8. The summed E-state index contributed by atoms with van der Waals surface area (Å²) in [7, 11) is 0. The van der Waals surface area contributed by atoms with E-state index in [-0.39, 0.29) is 18.2 Å². The van der Waals surface area contributed by atoms with E-state index in [0.717, 1.165) is 11.3 Å². The van der Waals surface area contributed by atoms with E-state index in [0.29, 0.717) is 22.4 Å². The summed E-state index contributed by atoms with van der Waals surface area (Å²) in [5.74, 6) is -0.370. The van der Waals surface area contributed by atoms with Crippen LogP contribution in [-0.2, 0) is 9.59 Å². The van der Waals surface area contributed by atoms with Crippen LogP contribution in [0.1, 0.15) is 12.0 Å². The third-order valence-corrected chi connectivity index (χ3v) is 5.52. The molecule has 1 unspecified atom stereocenters. The molecular weight excluding hydrogens is 394 g/mol. The molecular formula is C21H20ClN3O2S. The van der Waals surface area contributed by atoms with Crippen LogP contribution in [0.4, 0.5) is 11.4 Å². The Kier molecular flexibility index (Phi) is 6.54. The van der Waals surface area contributed by atoms with E-state index in [1.165, 1.54) is 11.8 Å². The molecule has 3 rings (SSSR count). The van der Waals surface area contributed by atoms with Crippen LogP contribution in [0.2, 0.25) is 5.02 Å². The van der Waals surface area contributed by atoms with Crippen molar-refractivity contribution in [2.45, 2.75) is 18.6 Å². The fraction of sp³-hybridized carbons (Fsp3) is 0.190. The topological polar surface area (TPSA) is 61.8 Å². The molecule has 0 spiro atoms. The Morgan fingerprint density at radius 1 is 1.25 bits per heavy atom. The monoisotopic (exact) mass is 413 g/mol. The van der Waals surface area contributed by atoms with E-state index in [9.17, 15) is 9.59 Å². The zero-order chi connectivity index (χ0) is 20.1. The Labute approximate surface area is 173 Å². The minimum Gasteiger partial charge on any atom is -0.326 e. The number of amides is 2. The summed E-state index contributed by atoms with van der Waals surface area (Å²) >= 11 is 7.16. The number of hydrogen-bond donors (Lipinski definition) is 1. The predicted molar refractivity (Wildman–Crippen MR) is 116 cm³/mol. The minimum absolute atomic E-state index is 0.0622. The number of nitrogens with one attached hydrogen (secondary N) is 1. The normalized spacial score (nSPS) is 17.8. The van der Waals surface area contributed by atoms with Crippen molar-refractivity contribution in [1.29, 1.82) is 0 Å². The molecule has 0 aliphatic carbocycles. The van der Waals surface area contributed by atoms with E-state index >= 15 is 0 Å². The fourth-order valence-corrected chi connectivity index (χ4v) is 3.96. The summed E-state index contributed by atoms with van der Waals surface area (Å²) in [6.45, 7) is 6.07. The number of carbonyl (C=O) groups excluding carboxylic acids is 2. The summed E-state index contributed by atoms with van der Waals surface area (Å²) < 4.78 is 0. The van der Waals surface area contributed by atoms with Gasteiger partial charge in [0.05, 0.1) is 5.69 Å². The summed E-state index contributed by atoms with van der Waals surface area (Å²) in [4.78, 5) is 31.3. The van der Waals surface area contributed by atoms with Gasteiger partial charge in [-0.1, -0.05) is 47.1 Å². The Morgan fingerprint density at radius 2 is 1.93 bits per heavy atom. The van der Waals surface area contributed by atoms with Crippen LogP contribution in [0.3, 0.4) is 0 Å². The minimum atomic E-state index is -0.517. The number of aryl methyl sites for hydroxylation is 1. The number of benzene rings is 2. The number of carbonyl (C=O) groups is 2. The molecule has 0 aromatic heterocycles. The van der Waals surface area contributed by atoms with Gasteiger partial charge in [-0.05, 0) is 43.3 Å². The molecule has 1 atom stereocenters. The van der Waals surface area contributed by atoms with Gasteiger partial charge in [-0.3, -0.25) is 14.5 Å². The van der Waals surface area contributed by atoms with Gasteiger partial charge in [0.15, 0.2) is 5.17 Å². The van der Waals surface area contributed by atoms with Gasteiger partial charge in [-0.15, -0.1) is 6.58 Å². The van der Waals surface area contributed by atoms with Gasteiger partial charge in [-0.25, -0.2) is 4.99 Å².